The van der Waals surface area contributed by atoms with Gasteiger partial charge in [0.25, 0.3) is 5.91 Å². The third kappa shape index (κ3) is 3.55. The van der Waals surface area contributed by atoms with E-state index in [1.54, 1.807) is 0 Å². The van der Waals surface area contributed by atoms with Crippen molar-refractivity contribution in [3.63, 3.8) is 0 Å². The largest absolute Gasteiger partial charge is 0.290 e. The van der Waals surface area contributed by atoms with Crippen molar-refractivity contribution in [1.82, 2.24) is 9.73 Å². The molecule has 0 spiro atoms. The summed E-state index contributed by atoms with van der Waals surface area (Å²) < 4.78 is 26.9. The molecule has 9 heteroatoms. The monoisotopic (exact) mass is 365 g/mol. The number of nitrogens with one attached hydrogen (secondary N) is 1. The van der Waals surface area contributed by atoms with Crippen LogP contribution in [0, 0.1) is 0 Å². The van der Waals surface area contributed by atoms with Crippen LogP contribution in [0.2, 0.25) is 10.0 Å². The van der Waals surface area contributed by atoms with E-state index >= 15 is 0 Å². The number of nitrogens with zero attached hydrogens (tertiary/aromatic N) is 1. The third-order valence-corrected chi connectivity index (χ3v) is 6.26. The Hall–Kier alpha value is -0.860. The van der Waals surface area contributed by atoms with E-state index in [2.05, 4.69) is 0 Å². The first-order valence-corrected chi connectivity index (χ1v) is 9.07. The number of hydrogen-bond donors (Lipinski definition) is 2. The van der Waals surface area contributed by atoms with Gasteiger partial charge in [0.1, 0.15) is 4.90 Å². The molecule has 1 aromatic rings. The number of nitrogens with two attached hydrogens (primary N) is 1. The predicted octanol–water partition coefficient (Wildman–Crippen LogP) is 2.16. The zero-order valence-corrected chi connectivity index (χ0v) is 14.1. The second kappa shape index (κ2) is 7.14. The number of carbonyl (C=O) groups is 1. The highest BCUT2D eigenvalue weighted by atomic mass is 35.5. The van der Waals surface area contributed by atoms with E-state index < -0.39 is 15.9 Å². The first-order chi connectivity index (χ1) is 10.4. The quantitative estimate of drug-likeness (QED) is 0.487. The highest BCUT2D eigenvalue weighted by Gasteiger charge is 2.29. The lowest BCUT2D eigenvalue weighted by atomic mass is 10.2. The molecular weight excluding hydrogens is 349 g/mol. The number of amides is 1. The summed E-state index contributed by atoms with van der Waals surface area (Å²) in [6, 6.07) is 2.42. The molecular formula is C13H17Cl2N3O3S. The average molecular weight is 366 g/mol. The highest BCUT2D eigenvalue weighted by Crippen LogP contribution is 2.31. The number of sulfonamides is 1. The molecule has 1 aliphatic rings. The topological polar surface area (TPSA) is 92.5 Å². The first kappa shape index (κ1) is 17.5. The van der Waals surface area contributed by atoms with Crippen LogP contribution in [0.15, 0.2) is 17.0 Å². The molecule has 0 atom stereocenters. The molecule has 1 aliphatic heterocycles. The van der Waals surface area contributed by atoms with Crippen molar-refractivity contribution < 1.29 is 13.2 Å². The Morgan fingerprint density at radius 1 is 1.09 bits per heavy atom. The molecule has 0 aliphatic carbocycles. The van der Waals surface area contributed by atoms with Gasteiger partial charge in [0, 0.05) is 13.1 Å². The van der Waals surface area contributed by atoms with E-state index in [0.29, 0.717) is 13.1 Å². The summed E-state index contributed by atoms with van der Waals surface area (Å²) >= 11 is 12.0. The molecule has 0 radical (unpaired) electrons. The Kier molecular flexibility index (Phi) is 5.68. The van der Waals surface area contributed by atoms with Gasteiger partial charge in [-0.05, 0) is 25.0 Å². The smallest absolute Gasteiger partial charge is 0.266 e. The van der Waals surface area contributed by atoms with E-state index in [-0.39, 0.29) is 20.5 Å². The van der Waals surface area contributed by atoms with E-state index in [0.717, 1.165) is 25.7 Å². The fraction of sp³-hybridized carbons (Fsp3) is 0.462. The molecule has 0 bridgehead atoms. The van der Waals surface area contributed by atoms with Gasteiger partial charge in [-0.2, -0.15) is 4.31 Å². The second-order valence-electron chi connectivity index (χ2n) is 5.05. The lowest BCUT2D eigenvalue weighted by Gasteiger charge is -2.21. The maximum Gasteiger partial charge on any atom is 0.266 e. The van der Waals surface area contributed by atoms with E-state index in [1.165, 1.54) is 16.4 Å². The summed E-state index contributed by atoms with van der Waals surface area (Å²) in [7, 11) is -3.78. The second-order valence-corrected chi connectivity index (χ2v) is 7.77. The third-order valence-electron chi connectivity index (χ3n) is 3.58. The minimum atomic E-state index is -3.78. The Morgan fingerprint density at radius 2 is 1.68 bits per heavy atom. The van der Waals surface area contributed by atoms with Crippen molar-refractivity contribution in [1.29, 1.82) is 0 Å². The van der Waals surface area contributed by atoms with Crippen LogP contribution in [0.25, 0.3) is 0 Å². The summed E-state index contributed by atoms with van der Waals surface area (Å²) in [5, 5.41) is 0.0329. The van der Waals surface area contributed by atoms with Gasteiger partial charge >= 0.3 is 0 Å². The Balaban J connectivity index is 2.47. The molecule has 6 nitrogen and oxygen atoms in total. The molecule has 1 saturated heterocycles. The van der Waals surface area contributed by atoms with Gasteiger partial charge in [0.2, 0.25) is 10.0 Å². The zero-order valence-electron chi connectivity index (χ0n) is 11.8. The lowest BCUT2D eigenvalue weighted by Crippen LogP contribution is -2.33. The number of carbonyl (C=O) groups excluding carboxylic acids is 1. The van der Waals surface area contributed by atoms with Crippen LogP contribution >= 0.6 is 23.2 Å². The van der Waals surface area contributed by atoms with Crippen molar-refractivity contribution in [2.24, 2.45) is 5.84 Å². The van der Waals surface area contributed by atoms with E-state index in [9.17, 15) is 13.2 Å². The van der Waals surface area contributed by atoms with Crippen molar-refractivity contribution >= 4 is 39.1 Å². The highest BCUT2D eigenvalue weighted by molar-refractivity contribution is 7.89. The van der Waals surface area contributed by atoms with Crippen LogP contribution in [0.4, 0.5) is 0 Å². The van der Waals surface area contributed by atoms with Gasteiger partial charge in [0.15, 0.2) is 0 Å². The Bertz CT molecular complexity index is 671. The van der Waals surface area contributed by atoms with Crippen LogP contribution < -0.4 is 11.3 Å². The number of rotatable bonds is 3. The van der Waals surface area contributed by atoms with Gasteiger partial charge < -0.3 is 0 Å². The minimum Gasteiger partial charge on any atom is -0.290 e. The molecule has 0 saturated carbocycles. The molecule has 3 N–H and O–H groups in total. The molecule has 0 unspecified atom stereocenters. The van der Waals surface area contributed by atoms with Crippen molar-refractivity contribution in [3.05, 3.63) is 27.7 Å². The Labute approximate surface area is 139 Å². The molecule has 1 aromatic carbocycles. The van der Waals surface area contributed by atoms with E-state index in [4.69, 9.17) is 29.0 Å². The Morgan fingerprint density at radius 3 is 2.23 bits per heavy atom. The summed E-state index contributed by atoms with van der Waals surface area (Å²) in [5.74, 6) is 4.41. The maximum atomic E-state index is 12.8. The van der Waals surface area contributed by atoms with Gasteiger partial charge in [-0.1, -0.05) is 36.0 Å². The van der Waals surface area contributed by atoms with Crippen LogP contribution in [-0.2, 0) is 10.0 Å². The van der Waals surface area contributed by atoms with Gasteiger partial charge in [-0.3, -0.25) is 10.2 Å². The number of hydrazine groups is 1. The maximum absolute atomic E-state index is 12.8. The molecule has 1 heterocycles. The fourth-order valence-electron chi connectivity index (χ4n) is 2.40. The SMILES string of the molecule is NNC(=O)c1cc(S(=O)(=O)N2CCCCCC2)c(Cl)cc1Cl. The van der Waals surface area contributed by atoms with Gasteiger partial charge in [0.05, 0.1) is 15.6 Å². The van der Waals surface area contributed by atoms with Crippen LogP contribution in [0.5, 0.6) is 0 Å². The summed E-state index contributed by atoms with van der Waals surface area (Å²) in [4.78, 5) is 11.6. The minimum absolute atomic E-state index is 0.0113. The number of nitrogen functional groups attached to an aromatic ring is 1. The van der Waals surface area contributed by atoms with Crippen molar-refractivity contribution in [2.45, 2.75) is 30.6 Å². The molecule has 1 fully saturated rings. The molecule has 1 amide bonds. The summed E-state index contributed by atoms with van der Waals surface area (Å²) in [6.45, 7) is 0.888. The average Bonchev–Trinajstić information content (AvgIpc) is 2.75. The van der Waals surface area contributed by atoms with Crippen LogP contribution in [-0.4, -0.2) is 31.7 Å². The normalized spacial score (nSPS) is 17.0. The van der Waals surface area contributed by atoms with Gasteiger partial charge in [-0.15, -0.1) is 0 Å². The first-order valence-electron chi connectivity index (χ1n) is 6.88. The summed E-state index contributed by atoms with van der Waals surface area (Å²) in [5.41, 5.74) is 1.91. The number of halogens is 2. The molecule has 0 aromatic heterocycles. The van der Waals surface area contributed by atoms with Crippen molar-refractivity contribution in [2.75, 3.05) is 13.1 Å². The van der Waals surface area contributed by atoms with Gasteiger partial charge in [-0.25, -0.2) is 14.3 Å². The summed E-state index contributed by atoms with van der Waals surface area (Å²) in [6.07, 6.45) is 3.61. The molecule has 122 valence electrons. The standard InChI is InChI=1S/C13H17Cl2N3O3S/c14-10-8-11(15)12(7-9(10)13(19)17-16)22(20,21)18-5-3-1-2-4-6-18/h7-8H,1-6,16H2,(H,17,19). The number of hydrogen-bond acceptors (Lipinski definition) is 4. The number of benzene rings is 1. The molecule has 22 heavy (non-hydrogen) atoms. The molecule has 2 rings (SSSR count). The van der Waals surface area contributed by atoms with Crippen LogP contribution in [0.3, 0.4) is 0 Å². The fourth-order valence-corrected chi connectivity index (χ4v) is 4.75. The van der Waals surface area contributed by atoms with Crippen molar-refractivity contribution in [3.8, 4) is 0 Å². The lowest BCUT2D eigenvalue weighted by molar-refractivity contribution is 0.0953. The van der Waals surface area contributed by atoms with Crippen LogP contribution in [0.1, 0.15) is 36.0 Å². The van der Waals surface area contributed by atoms with E-state index in [1.807, 2.05) is 5.43 Å². The predicted molar refractivity (Wildman–Crippen MR) is 85.3 cm³/mol. The zero-order chi connectivity index (χ0) is 16.3.